The van der Waals surface area contributed by atoms with Crippen molar-refractivity contribution in [3.63, 3.8) is 0 Å². The molecule has 47 heavy (non-hydrogen) atoms. The Bertz CT molecular complexity index is 2650. The quantitative estimate of drug-likeness (QED) is 0.200. The third-order valence-electron chi connectivity index (χ3n) is 9.27. The molecule has 6 heteroatoms. The summed E-state index contributed by atoms with van der Waals surface area (Å²) in [6.07, 6.45) is 1.86. The summed E-state index contributed by atoms with van der Waals surface area (Å²) in [6.45, 7) is 8.39. The van der Waals surface area contributed by atoms with E-state index in [0.717, 1.165) is 56.5 Å². The van der Waals surface area contributed by atoms with E-state index in [9.17, 15) is 0 Å². The summed E-state index contributed by atoms with van der Waals surface area (Å²) in [5, 5.41) is 9.74. The molecule has 0 saturated heterocycles. The Morgan fingerprint density at radius 2 is 1.19 bits per heavy atom. The van der Waals surface area contributed by atoms with Crippen LogP contribution in [0.5, 0.6) is 0 Å². The first-order valence-electron chi connectivity index (χ1n) is 16.0. The molecule has 0 bridgehead atoms. The van der Waals surface area contributed by atoms with Gasteiger partial charge in [0.25, 0.3) is 0 Å². The van der Waals surface area contributed by atoms with Crippen LogP contribution in [0.4, 0.5) is 0 Å². The third-order valence-corrected chi connectivity index (χ3v) is 9.27. The van der Waals surface area contributed by atoms with Gasteiger partial charge in [-0.2, -0.15) is 5.10 Å². The Morgan fingerprint density at radius 1 is 0.532 bits per heavy atom. The summed E-state index contributed by atoms with van der Waals surface area (Å²) in [5.41, 5.74) is 11.3. The first-order valence-corrected chi connectivity index (χ1v) is 16.0. The number of pyridine rings is 1. The van der Waals surface area contributed by atoms with Crippen LogP contribution in [0.15, 0.2) is 121 Å². The lowest BCUT2D eigenvalue weighted by atomic mass is 10.0. The molecule has 226 valence electrons. The van der Waals surface area contributed by atoms with Gasteiger partial charge in [-0.15, -0.1) is 0 Å². The van der Waals surface area contributed by atoms with Crippen molar-refractivity contribution in [2.24, 2.45) is 0 Å². The van der Waals surface area contributed by atoms with Gasteiger partial charge in [-0.3, -0.25) is 4.57 Å². The number of hydrogen-bond donors (Lipinski definition) is 0. The first-order chi connectivity index (χ1) is 23.0. The van der Waals surface area contributed by atoms with E-state index in [1.54, 1.807) is 0 Å². The van der Waals surface area contributed by atoms with E-state index in [0.29, 0.717) is 0 Å². The molecule has 6 nitrogen and oxygen atoms in total. The second-order valence-corrected chi connectivity index (χ2v) is 12.5. The molecule has 0 aliphatic carbocycles. The zero-order valence-electron chi connectivity index (χ0n) is 26.7. The zero-order chi connectivity index (χ0) is 31.8. The summed E-state index contributed by atoms with van der Waals surface area (Å²) < 4.78 is 6.67. The minimum Gasteiger partial charge on any atom is -0.309 e. The highest BCUT2D eigenvalue weighted by Gasteiger charge is 2.20. The number of aryl methyl sites for hydroxylation is 4. The molecule has 0 saturated carbocycles. The highest BCUT2D eigenvalue weighted by molar-refractivity contribution is 6.19. The van der Waals surface area contributed by atoms with E-state index >= 15 is 0 Å². The largest absolute Gasteiger partial charge is 0.309 e. The summed E-state index contributed by atoms with van der Waals surface area (Å²) in [5.74, 6) is 2.48. The maximum atomic E-state index is 4.95. The van der Waals surface area contributed by atoms with E-state index < -0.39 is 0 Å². The SMILES string of the molecule is Cc1cc(C)c(-n2nc(C)nc2-c2cccc(-n3c4ccccc4c4cc5c6ccccc6n(-c6ccccn6)c5cc43)c2)c(C)c1. The number of aromatic nitrogens is 6. The standard InChI is InChI=1S/C41H32N6/c1-25-20-26(2)40(27(3)21-25)47-41(43-28(4)44-47)29-12-11-13-30(22-29)45-35-16-7-5-14-31(35)33-23-34-32-15-6-8-17-36(32)46(38(34)24-37(33)45)39-18-9-10-19-42-39/h5-24H,1-4H3. The van der Waals surface area contributed by atoms with Crippen LogP contribution in [0.2, 0.25) is 0 Å². The molecule has 9 aromatic rings. The number of benzene rings is 5. The Hall–Kier alpha value is -6.01. The minimum absolute atomic E-state index is 0.742. The monoisotopic (exact) mass is 608 g/mol. The molecule has 0 spiro atoms. The second-order valence-electron chi connectivity index (χ2n) is 12.5. The van der Waals surface area contributed by atoms with Gasteiger partial charge >= 0.3 is 0 Å². The molecule has 5 aromatic carbocycles. The molecule has 0 aliphatic heterocycles. The molecule has 0 aliphatic rings. The lowest BCUT2D eigenvalue weighted by molar-refractivity contribution is 0.854. The lowest BCUT2D eigenvalue weighted by Gasteiger charge is -2.14. The summed E-state index contributed by atoms with van der Waals surface area (Å²) in [7, 11) is 0. The molecule has 0 unspecified atom stereocenters. The Kier molecular flexibility index (Phi) is 5.96. The number of rotatable bonds is 4. The van der Waals surface area contributed by atoms with Crippen LogP contribution < -0.4 is 0 Å². The molecule has 4 heterocycles. The van der Waals surface area contributed by atoms with Gasteiger partial charge in [0.1, 0.15) is 11.6 Å². The van der Waals surface area contributed by atoms with E-state index in [4.69, 9.17) is 15.1 Å². The van der Waals surface area contributed by atoms with Gasteiger partial charge in [-0.1, -0.05) is 72.3 Å². The predicted octanol–water partition coefficient (Wildman–Crippen LogP) is 9.76. The van der Waals surface area contributed by atoms with Crippen LogP contribution in [0, 0.1) is 27.7 Å². The molecule has 9 rings (SSSR count). The van der Waals surface area contributed by atoms with Crippen LogP contribution >= 0.6 is 0 Å². The van der Waals surface area contributed by atoms with Gasteiger partial charge < -0.3 is 4.57 Å². The molecule has 0 radical (unpaired) electrons. The summed E-state index contributed by atoms with van der Waals surface area (Å²) >= 11 is 0. The Balaban J connectivity index is 1.32. The molecule has 0 atom stereocenters. The molecule has 0 fully saturated rings. The number of fused-ring (bicyclic) bond motifs is 6. The van der Waals surface area contributed by atoms with Gasteiger partial charge in [-0.05, 0) is 87.4 Å². The van der Waals surface area contributed by atoms with Crippen molar-refractivity contribution in [1.82, 2.24) is 28.9 Å². The average molecular weight is 609 g/mol. The Labute approximate surface area is 272 Å². The number of para-hydroxylation sites is 2. The molecular weight excluding hydrogens is 576 g/mol. The normalized spacial score (nSPS) is 11.8. The van der Waals surface area contributed by atoms with Crippen LogP contribution in [-0.4, -0.2) is 28.9 Å². The molecule has 0 amide bonds. The molecule has 0 N–H and O–H groups in total. The van der Waals surface area contributed by atoms with Gasteiger partial charge in [0.15, 0.2) is 5.82 Å². The highest BCUT2D eigenvalue weighted by atomic mass is 15.4. The fourth-order valence-electron chi connectivity index (χ4n) is 7.49. The molecule has 4 aromatic heterocycles. The van der Waals surface area contributed by atoms with Crippen molar-refractivity contribution in [3.05, 3.63) is 144 Å². The van der Waals surface area contributed by atoms with Gasteiger partial charge in [0, 0.05) is 39.0 Å². The van der Waals surface area contributed by atoms with Crippen molar-refractivity contribution in [2.45, 2.75) is 27.7 Å². The Morgan fingerprint density at radius 3 is 1.89 bits per heavy atom. The second kappa shape index (κ2) is 10.3. The summed E-state index contributed by atoms with van der Waals surface area (Å²) in [4.78, 5) is 9.71. The maximum Gasteiger partial charge on any atom is 0.163 e. The van der Waals surface area contributed by atoms with E-state index in [-0.39, 0.29) is 0 Å². The van der Waals surface area contributed by atoms with Gasteiger partial charge in [-0.25, -0.2) is 14.6 Å². The van der Waals surface area contributed by atoms with Crippen molar-refractivity contribution >= 4 is 43.6 Å². The lowest BCUT2D eigenvalue weighted by Crippen LogP contribution is -2.05. The van der Waals surface area contributed by atoms with Gasteiger partial charge in [0.05, 0.1) is 27.8 Å². The zero-order valence-corrected chi connectivity index (χ0v) is 26.7. The van der Waals surface area contributed by atoms with Crippen molar-refractivity contribution in [1.29, 1.82) is 0 Å². The molecular formula is C41H32N6. The maximum absolute atomic E-state index is 4.95. The van der Waals surface area contributed by atoms with E-state index in [1.165, 1.54) is 38.2 Å². The van der Waals surface area contributed by atoms with Crippen molar-refractivity contribution in [3.8, 4) is 28.6 Å². The topological polar surface area (TPSA) is 53.5 Å². The average Bonchev–Trinajstić information content (AvgIpc) is 3.73. The smallest absolute Gasteiger partial charge is 0.163 e. The number of hydrogen-bond acceptors (Lipinski definition) is 3. The fraction of sp³-hybridized carbons (Fsp3) is 0.0976. The highest BCUT2D eigenvalue weighted by Crippen LogP contribution is 2.40. The first kappa shape index (κ1) is 27.3. The number of nitrogens with zero attached hydrogens (tertiary/aromatic N) is 6. The van der Waals surface area contributed by atoms with E-state index in [1.807, 2.05) is 29.9 Å². The van der Waals surface area contributed by atoms with Crippen molar-refractivity contribution in [2.75, 3.05) is 0 Å². The van der Waals surface area contributed by atoms with Crippen LogP contribution in [0.1, 0.15) is 22.5 Å². The fourth-order valence-corrected chi connectivity index (χ4v) is 7.49. The van der Waals surface area contributed by atoms with Crippen LogP contribution in [0.25, 0.3) is 72.2 Å². The predicted molar refractivity (Wildman–Crippen MR) is 192 cm³/mol. The summed E-state index contributed by atoms with van der Waals surface area (Å²) in [6, 6.07) is 41.2. The van der Waals surface area contributed by atoms with Crippen molar-refractivity contribution < 1.29 is 0 Å². The third kappa shape index (κ3) is 4.15. The van der Waals surface area contributed by atoms with Gasteiger partial charge in [0.2, 0.25) is 0 Å². The minimum atomic E-state index is 0.742. The van der Waals surface area contributed by atoms with E-state index in [2.05, 4.69) is 133 Å². The van der Waals surface area contributed by atoms with Crippen LogP contribution in [-0.2, 0) is 0 Å². The van der Waals surface area contributed by atoms with Crippen LogP contribution in [0.3, 0.4) is 0 Å².